The number of nitrogens with zero attached hydrogens (tertiary/aromatic N) is 2. The zero-order valence-corrected chi connectivity index (χ0v) is 14.3. The van der Waals surface area contributed by atoms with Crippen molar-refractivity contribution < 1.29 is 9.53 Å². The predicted octanol–water partition coefficient (Wildman–Crippen LogP) is 3.06. The van der Waals surface area contributed by atoms with Gasteiger partial charge in [-0.25, -0.2) is 4.79 Å². The van der Waals surface area contributed by atoms with Crippen LogP contribution in [0.1, 0.15) is 19.8 Å². The van der Waals surface area contributed by atoms with Crippen LogP contribution in [0.4, 0.5) is 10.5 Å². The molecule has 0 saturated carbocycles. The van der Waals surface area contributed by atoms with E-state index in [2.05, 4.69) is 17.1 Å². The fourth-order valence-electron chi connectivity index (χ4n) is 3.46. The molecular weight excluding hydrogens is 314 g/mol. The van der Waals surface area contributed by atoms with Crippen LogP contribution in [0.3, 0.4) is 0 Å². The molecule has 0 unspecified atom stereocenters. The first-order valence-corrected chi connectivity index (χ1v) is 8.70. The van der Waals surface area contributed by atoms with Crippen molar-refractivity contribution in [1.82, 2.24) is 9.80 Å². The highest BCUT2D eigenvalue weighted by Crippen LogP contribution is 2.24. The van der Waals surface area contributed by atoms with Gasteiger partial charge in [0.2, 0.25) is 0 Å². The normalized spacial score (nSPS) is 25.0. The Hall–Kier alpha value is -1.30. The van der Waals surface area contributed by atoms with E-state index in [0.717, 1.165) is 32.5 Å². The molecule has 0 spiro atoms. The standard InChI is InChI=1S/C17H24ClN3O2/c1-2-5-13-11-23-12-14-10-20(8-9-21(13)14)17(22)19-16-7-4-3-6-15(16)18/h3-4,6-7,13-14H,2,5,8-12H2,1H3,(H,19,22)/t13-,14+/m0/s1. The Labute approximate surface area is 142 Å². The molecule has 23 heavy (non-hydrogen) atoms. The van der Waals surface area contributed by atoms with E-state index in [4.69, 9.17) is 16.3 Å². The summed E-state index contributed by atoms with van der Waals surface area (Å²) < 4.78 is 5.75. The number of urea groups is 1. The average molecular weight is 338 g/mol. The van der Waals surface area contributed by atoms with Gasteiger partial charge in [-0.15, -0.1) is 0 Å². The molecule has 0 aliphatic carbocycles. The van der Waals surface area contributed by atoms with E-state index >= 15 is 0 Å². The number of morpholine rings is 1. The molecule has 1 aromatic carbocycles. The number of carbonyl (C=O) groups excluding carboxylic acids is 1. The van der Waals surface area contributed by atoms with E-state index in [0.29, 0.717) is 35.9 Å². The molecular formula is C17H24ClN3O2. The van der Waals surface area contributed by atoms with Gasteiger partial charge in [-0.2, -0.15) is 0 Å². The summed E-state index contributed by atoms with van der Waals surface area (Å²) in [5, 5.41) is 3.47. The lowest BCUT2D eigenvalue weighted by molar-refractivity contribution is -0.0755. The van der Waals surface area contributed by atoms with Crippen LogP contribution in [-0.2, 0) is 4.74 Å². The minimum absolute atomic E-state index is 0.0876. The predicted molar refractivity (Wildman–Crippen MR) is 92.1 cm³/mol. The molecule has 0 bridgehead atoms. The second-order valence-electron chi connectivity index (χ2n) is 6.23. The minimum atomic E-state index is -0.0876. The topological polar surface area (TPSA) is 44.8 Å². The Morgan fingerprint density at radius 1 is 1.35 bits per heavy atom. The molecule has 126 valence electrons. The summed E-state index contributed by atoms with van der Waals surface area (Å²) in [5.41, 5.74) is 0.658. The quantitative estimate of drug-likeness (QED) is 0.922. The number of benzene rings is 1. The van der Waals surface area contributed by atoms with Crippen molar-refractivity contribution in [2.24, 2.45) is 0 Å². The Morgan fingerprint density at radius 3 is 2.96 bits per heavy atom. The number of para-hydroxylation sites is 1. The van der Waals surface area contributed by atoms with E-state index < -0.39 is 0 Å². The number of carbonyl (C=O) groups is 1. The zero-order chi connectivity index (χ0) is 16.2. The third-order valence-corrected chi connectivity index (χ3v) is 4.97. The minimum Gasteiger partial charge on any atom is -0.378 e. The van der Waals surface area contributed by atoms with Gasteiger partial charge in [0.1, 0.15) is 0 Å². The van der Waals surface area contributed by atoms with Crippen LogP contribution in [-0.4, -0.2) is 60.8 Å². The Morgan fingerprint density at radius 2 is 2.17 bits per heavy atom. The van der Waals surface area contributed by atoms with Gasteiger partial charge < -0.3 is 15.0 Å². The molecule has 2 amide bonds. The van der Waals surface area contributed by atoms with Gasteiger partial charge in [0, 0.05) is 25.7 Å². The number of fused-ring (bicyclic) bond motifs is 1. The molecule has 2 saturated heterocycles. The number of rotatable bonds is 3. The highest BCUT2D eigenvalue weighted by Gasteiger charge is 2.36. The van der Waals surface area contributed by atoms with Crippen molar-refractivity contribution in [3.05, 3.63) is 29.3 Å². The molecule has 2 atom stereocenters. The number of hydrogen-bond acceptors (Lipinski definition) is 3. The van der Waals surface area contributed by atoms with Crippen molar-refractivity contribution in [1.29, 1.82) is 0 Å². The number of hydrogen-bond donors (Lipinski definition) is 1. The second kappa shape index (κ2) is 7.51. The highest BCUT2D eigenvalue weighted by molar-refractivity contribution is 6.33. The lowest BCUT2D eigenvalue weighted by atomic mass is 10.0. The fraction of sp³-hybridized carbons (Fsp3) is 0.588. The van der Waals surface area contributed by atoms with Crippen LogP contribution in [0.25, 0.3) is 0 Å². The van der Waals surface area contributed by atoms with E-state index in [1.54, 1.807) is 6.07 Å². The van der Waals surface area contributed by atoms with Crippen molar-refractivity contribution in [2.45, 2.75) is 31.8 Å². The summed E-state index contributed by atoms with van der Waals surface area (Å²) in [5.74, 6) is 0. The SMILES string of the molecule is CCC[C@H]1COC[C@H]2CN(C(=O)Nc3ccccc3Cl)CCN12. The average Bonchev–Trinajstić information content (AvgIpc) is 2.57. The number of amides is 2. The molecule has 2 aliphatic rings. The van der Waals surface area contributed by atoms with E-state index in [-0.39, 0.29) is 6.03 Å². The van der Waals surface area contributed by atoms with Crippen molar-refractivity contribution in [2.75, 3.05) is 38.2 Å². The molecule has 0 radical (unpaired) electrons. The molecule has 2 heterocycles. The summed E-state index contributed by atoms with van der Waals surface area (Å²) in [6.45, 7) is 6.08. The second-order valence-corrected chi connectivity index (χ2v) is 6.63. The molecule has 2 aliphatic heterocycles. The summed E-state index contributed by atoms with van der Waals surface area (Å²) in [7, 11) is 0. The molecule has 0 aromatic heterocycles. The van der Waals surface area contributed by atoms with Crippen LogP contribution in [0, 0.1) is 0 Å². The number of nitrogens with one attached hydrogen (secondary N) is 1. The van der Waals surface area contributed by atoms with Crippen LogP contribution in [0.2, 0.25) is 5.02 Å². The van der Waals surface area contributed by atoms with Crippen molar-refractivity contribution >= 4 is 23.3 Å². The number of halogens is 1. The number of ether oxygens (including phenoxy) is 1. The first kappa shape index (κ1) is 16.6. The fourth-order valence-corrected chi connectivity index (χ4v) is 3.64. The zero-order valence-electron chi connectivity index (χ0n) is 13.5. The van der Waals surface area contributed by atoms with Crippen LogP contribution in [0.5, 0.6) is 0 Å². The number of anilines is 1. The van der Waals surface area contributed by atoms with E-state index in [1.807, 2.05) is 23.1 Å². The Balaban J connectivity index is 1.60. The van der Waals surface area contributed by atoms with Crippen molar-refractivity contribution in [3.63, 3.8) is 0 Å². The van der Waals surface area contributed by atoms with Gasteiger partial charge in [-0.05, 0) is 18.6 Å². The Bertz CT molecular complexity index is 552. The van der Waals surface area contributed by atoms with Gasteiger partial charge in [0.15, 0.2) is 0 Å². The van der Waals surface area contributed by atoms with Gasteiger partial charge in [-0.1, -0.05) is 37.1 Å². The van der Waals surface area contributed by atoms with Crippen LogP contribution < -0.4 is 5.32 Å². The summed E-state index contributed by atoms with van der Waals surface area (Å²) in [4.78, 5) is 16.9. The molecule has 1 N–H and O–H groups in total. The number of piperazine rings is 1. The van der Waals surface area contributed by atoms with Gasteiger partial charge >= 0.3 is 6.03 Å². The molecule has 5 nitrogen and oxygen atoms in total. The van der Waals surface area contributed by atoms with Crippen LogP contribution in [0.15, 0.2) is 24.3 Å². The summed E-state index contributed by atoms with van der Waals surface area (Å²) in [6.07, 6.45) is 2.32. The van der Waals surface area contributed by atoms with Gasteiger partial charge in [0.25, 0.3) is 0 Å². The Kier molecular flexibility index (Phi) is 5.41. The first-order chi connectivity index (χ1) is 11.2. The highest BCUT2D eigenvalue weighted by atomic mass is 35.5. The summed E-state index contributed by atoms with van der Waals surface area (Å²) >= 11 is 6.11. The summed E-state index contributed by atoms with van der Waals surface area (Å²) in [6, 6.07) is 8.01. The third kappa shape index (κ3) is 3.79. The van der Waals surface area contributed by atoms with Crippen molar-refractivity contribution in [3.8, 4) is 0 Å². The lowest BCUT2D eigenvalue weighted by Crippen LogP contribution is -2.63. The smallest absolute Gasteiger partial charge is 0.321 e. The molecule has 6 heteroatoms. The first-order valence-electron chi connectivity index (χ1n) is 8.33. The van der Waals surface area contributed by atoms with E-state index in [9.17, 15) is 4.79 Å². The lowest BCUT2D eigenvalue weighted by Gasteiger charge is -2.47. The van der Waals surface area contributed by atoms with Crippen LogP contribution >= 0.6 is 11.6 Å². The van der Waals surface area contributed by atoms with Gasteiger partial charge in [0.05, 0.1) is 30.0 Å². The maximum Gasteiger partial charge on any atom is 0.321 e. The maximum atomic E-state index is 12.5. The largest absolute Gasteiger partial charge is 0.378 e. The monoisotopic (exact) mass is 337 g/mol. The molecule has 3 rings (SSSR count). The third-order valence-electron chi connectivity index (χ3n) is 4.64. The molecule has 1 aromatic rings. The maximum absolute atomic E-state index is 12.5. The molecule has 2 fully saturated rings. The van der Waals surface area contributed by atoms with Gasteiger partial charge in [-0.3, -0.25) is 4.90 Å². The van der Waals surface area contributed by atoms with E-state index in [1.165, 1.54) is 0 Å².